The highest BCUT2D eigenvalue weighted by atomic mass is 19.1. The predicted octanol–water partition coefficient (Wildman–Crippen LogP) is 1.69. The number of piperazine rings is 1. The first kappa shape index (κ1) is 15.5. The Morgan fingerprint density at radius 1 is 1.29 bits per heavy atom. The molecule has 2 rings (SSSR count). The number of hydrogen-bond donors (Lipinski definition) is 1. The Labute approximate surface area is 124 Å². The maximum atomic E-state index is 12.8. The summed E-state index contributed by atoms with van der Waals surface area (Å²) in [5, 5.41) is 2.79. The van der Waals surface area contributed by atoms with Crippen LogP contribution in [-0.2, 0) is 16.0 Å². The number of carbonyl (C=O) groups is 2. The number of amides is 2. The molecule has 0 spiro atoms. The zero-order valence-electron chi connectivity index (χ0n) is 12.4. The van der Waals surface area contributed by atoms with E-state index in [0.29, 0.717) is 12.8 Å². The molecule has 21 heavy (non-hydrogen) atoms. The van der Waals surface area contributed by atoms with Crippen molar-refractivity contribution in [1.82, 2.24) is 10.2 Å². The lowest BCUT2D eigenvalue weighted by molar-refractivity contribution is -0.156. The second kappa shape index (κ2) is 6.24. The summed E-state index contributed by atoms with van der Waals surface area (Å²) in [6.07, 6.45) is 0.886. The van der Waals surface area contributed by atoms with E-state index in [1.54, 1.807) is 6.92 Å². The van der Waals surface area contributed by atoms with Crippen LogP contribution in [0.25, 0.3) is 0 Å². The van der Waals surface area contributed by atoms with E-state index < -0.39 is 18.3 Å². The number of benzene rings is 1. The summed E-state index contributed by atoms with van der Waals surface area (Å²) >= 11 is 0. The molecule has 0 saturated carbocycles. The van der Waals surface area contributed by atoms with Gasteiger partial charge in [-0.2, -0.15) is 0 Å². The third-order valence-corrected chi connectivity index (χ3v) is 4.23. The lowest BCUT2D eigenvalue weighted by Gasteiger charge is -2.45. The number of nitrogens with one attached hydrogen (secondary N) is 1. The van der Waals surface area contributed by atoms with Gasteiger partial charge in [-0.1, -0.05) is 37.3 Å². The Morgan fingerprint density at radius 2 is 1.95 bits per heavy atom. The number of nitrogens with zero attached hydrogens (tertiary/aromatic N) is 1. The molecule has 1 aliphatic rings. The van der Waals surface area contributed by atoms with Gasteiger partial charge in [-0.15, -0.1) is 0 Å². The molecular weight excluding hydrogens is 271 g/mol. The van der Waals surface area contributed by atoms with Crippen LogP contribution >= 0.6 is 0 Å². The second-order valence-corrected chi connectivity index (χ2v) is 5.52. The lowest BCUT2D eigenvalue weighted by atomic mass is 9.89. The average Bonchev–Trinajstić information content (AvgIpc) is 2.50. The van der Waals surface area contributed by atoms with Crippen LogP contribution in [-0.4, -0.2) is 41.5 Å². The fraction of sp³-hybridized carbons (Fsp3) is 0.500. The van der Waals surface area contributed by atoms with Crippen molar-refractivity contribution in [2.24, 2.45) is 0 Å². The van der Waals surface area contributed by atoms with Crippen molar-refractivity contribution in [1.29, 1.82) is 0 Å². The largest absolute Gasteiger partial charge is 0.342 e. The monoisotopic (exact) mass is 292 g/mol. The van der Waals surface area contributed by atoms with Crippen LogP contribution in [0.5, 0.6) is 0 Å². The zero-order valence-corrected chi connectivity index (χ0v) is 12.4. The molecule has 1 aromatic rings. The van der Waals surface area contributed by atoms with Gasteiger partial charge in [0.15, 0.2) is 0 Å². The Balaban J connectivity index is 2.22. The third-order valence-electron chi connectivity index (χ3n) is 4.23. The van der Waals surface area contributed by atoms with E-state index in [1.807, 2.05) is 37.3 Å². The van der Waals surface area contributed by atoms with Crippen LogP contribution in [0.4, 0.5) is 4.39 Å². The number of carbonyl (C=O) groups excluding carboxylic acids is 2. The highest BCUT2D eigenvalue weighted by molar-refractivity contribution is 5.99. The van der Waals surface area contributed by atoms with E-state index in [4.69, 9.17) is 0 Å². The molecule has 2 amide bonds. The molecule has 4 nitrogen and oxygen atoms in total. The molecule has 114 valence electrons. The Kier molecular flexibility index (Phi) is 4.60. The van der Waals surface area contributed by atoms with Gasteiger partial charge in [0, 0.05) is 6.42 Å². The average molecular weight is 292 g/mol. The van der Waals surface area contributed by atoms with E-state index in [2.05, 4.69) is 5.32 Å². The number of halogens is 1. The summed E-state index contributed by atoms with van der Waals surface area (Å²) in [7, 11) is 0. The van der Waals surface area contributed by atoms with Crippen LogP contribution < -0.4 is 5.32 Å². The van der Waals surface area contributed by atoms with Crippen molar-refractivity contribution in [3.05, 3.63) is 35.9 Å². The van der Waals surface area contributed by atoms with Crippen molar-refractivity contribution in [3.8, 4) is 0 Å². The summed E-state index contributed by atoms with van der Waals surface area (Å²) in [6.45, 7) is 2.83. The van der Waals surface area contributed by atoms with Crippen LogP contribution in [0.3, 0.4) is 0 Å². The summed E-state index contributed by atoms with van der Waals surface area (Å²) in [4.78, 5) is 26.3. The standard InChI is InChI=1S/C16H21FN2O2/c1-3-16(2)15(21)18-13(14(20)19(16)10-9-17)11-12-7-5-4-6-8-12/h4-8,13H,3,9-11H2,1-2H3,(H,18,21). The first-order valence-corrected chi connectivity index (χ1v) is 7.25. The second-order valence-electron chi connectivity index (χ2n) is 5.52. The fourth-order valence-corrected chi connectivity index (χ4v) is 2.71. The van der Waals surface area contributed by atoms with Crippen molar-refractivity contribution in [2.45, 2.75) is 38.3 Å². The Bertz CT molecular complexity index is 520. The normalized spacial score (nSPS) is 25.9. The van der Waals surface area contributed by atoms with E-state index in [1.165, 1.54) is 4.90 Å². The van der Waals surface area contributed by atoms with Crippen LogP contribution in [0, 0.1) is 0 Å². The van der Waals surface area contributed by atoms with Gasteiger partial charge in [-0.05, 0) is 18.9 Å². The fourth-order valence-electron chi connectivity index (χ4n) is 2.71. The first-order valence-electron chi connectivity index (χ1n) is 7.25. The Hall–Kier alpha value is -1.91. The van der Waals surface area contributed by atoms with Crippen molar-refractivity contribution >= 4 is 11.8 Å². The molecule has 1 saturated heterocycles. The molecule has 5 heteroatoms. The van der Waals surface area contributed by atoms with Gasteiger partial charge in [0.25, 0.3) is 0 Å². The number of rotatable bonds is 5. The molecule has 2 atom stereocenters. The number of hydrogen-bond acceptors (Lipinski definition) is 2. The summed E-state index contributed by atoms with van der Waals surface area (Å²) < 4.78 is 12.8. The van der Waals surface area contributed by atoms with Crippen molar-refractivity contribution < 1.29 is 14.0 Å². The molecule has 1 fully saturated rings. The minimum absolute atomic E-state index is 0.0398. The van der Waals surface area contributed by atoms with Crippen molar-refractivity contribution in [3.63, 3.8) is 0 Å². The molecule has 0 radical (unpaired) electrons. The smallest absolute Gasteiger partial charge is 0.246 e. The maximum Gasteiger partial charge on any atom is 0.246 e. The molecule has 1 heterocycles. The molecule has 1 aromatic carbocycles. The van der Waals surface area contributed by atoms with Gasteiger partial charge in [0.1, 0.15) is 18.3 Å². The molecule has 1 N–H and O–H groups in total. The first-order chi connectivity index (χ1) is 10.0. The van der Waals surface area contributed by atoms with Gasteiger partial charge in [-0.25, -0.2) is 4.39 Å². The van der Waals surface area contributed by atoms with Gasteiger partial charge in [-0.3, -0.25) is 9.59 Å². The van der Waals surface area contributed by atoms with E-state index in [0.717, 1.165) is 5.56 Å². The summed E-state index contributed by atoms with van der Waals surface area (Å²) in [6, 6.07) is 8.87. The Morgan fingerprint density at radius 3 is 2.52 bits per heavy atom. The molecule has 0 aliphatic carbocycles. The predicted molar refractivity (Wildman–Crippen MR) is 78.5 cm³/mol. The lowest BCUT2D eigenvalue weighted by Crippen LogP contribution is -2.70. The molecule has 2 unspecified atom stereocenters. The number of alkyl halides is 1. The molecule has 0 bridgehead atoms. The highest BCUT2D eigenvalue weighted by Gasteiger charge is 2.47. The van der Waals surface area contributed by atoms with Gasteiger partial charge in [0.05, 0.1) is 6.54 Å². The minimum atomic E-state index is -0.962. The van der Waals surface area contributed by atoms with Crippen LogP contribution in [0.15, 0.2) is 30.3 Å². The van der Waals surface area contributed by atoms with Crippen LogP contribution in [0.1, 0.15) is 25.8 Å². The van der Waals surface area contributed by atoms with Gasteiger partial charge >= 0.3 is 0 Å². The topological polar surface area (TPSA) is 49.4 Å². The van der Waals surface area contributed by atoms with Crippen LogP contribution in [0.2, 0.25) is 0 Å². The van der Waals surface area contributed by atoms with E-state index in [9.17, 15) is 14.0 Å². The quantitative estimate of drug-likeness (QED) is 0.898. The van der Waals surface area contributed by atoms with E-state index in [-0.39, 0.29) is 18.4 Å². The highest BCUT2D eigenvalue weighted by Crippen LogP contribution is 2.25. The molecular formula is C16H21FN2O2. The van der Waals surface area contributed by atoms with Crippen molar-refractivity contribution in [2.75, 3.05) is 13.2 Å². The molecule has 0 aromatic heterocycles. The van der Waals surface area contributed by atoms with Gasteiger partial charge < -0.3 is 10.2 Å². The minimum Gasteiger partial charge on any atom is -0.342 e. The summed E-state index contributed by atoms with van der Waals surface area (Å²) in [5.74, 6) is -0.417. The maximum absolute atomic E-state index is 12.8. The summed E-state index contributed by atoms with van der Waals surface area (Å²) in [5.41, 5.74) is 0.00699. The zero-order chi connectivity index (χ0) is 15.5. The molecule has 1 aliphatic heterocycles. The SMILES string of the molecule is CCC1(C)C(=O)NC(Cc2ccccc2)C(=O)N1CCF. The van der Waals surface area contributed by atoms with E-state index >= 15 is 0 Å². The third kappa shape index (κ3) is 2.91. The van der Waals surface area contributed by atoms with Gasteiger partial charge in [0.2, 0.25) is 11.8 Å².